The molecule has 0 aliphatic heterocycles. The Morgan fingerprint density at radius 3 is 1.79 bits per heavy atom. The number of hydrogen-bond donors (Lipinski definition) is 2. The number of rotatable bonds is 9. The summed E-state index contributed by atoms with van der Waals surface area (Å²) >= 11 is 19.2. The van der Waals surface area contributed by atoms with Gasteiger partial charge >= 0.3 is 0 Å². The standard InChI is InChI=1S/C28H22Cl3N2O3PS/c29-25-16-7-8-17-28(25)33-38(35,36)24-15-9-14-23(18-24)32-37(34,19-26(30)21-10-3-1-4-11-21)20-27(31)22-12-5-2-6-13-22/h1-20,33H,(H,32,34)/b26-19-,27-20+. The first-order chi connectivity index (χ1) is 18.2. The fourth-order valence-electron chi connectivity index (χ4n) is 3.46. The summed E-state index contributed by atoms with van der Waals surface area (Å²) in [6.45, 7) is 0. The van der Waals surface area contributed by atoms with Crippen molar-refractivity contribution in [2.75, 3.05) is 9.81 Å². The smallest absolute Gasteiger partial charge is 0.262 e. The molecule has 38 heavy (non-hydrogen) atoms. The van der Waals surface area contributed by atoms with Crippen LogP contribution in [0, 0.1) is 0 Å². The first kappa shape index (κ1) is 28.0. The van der Waals surface area contributed by atoms with Crippen LogP contribution in [0.2, 0.25) is 5.02 Å². The van der Waals surface area contributed by atoms with E-state index in [1.165, 1.54) is 23.8 Å². The third-order valence-electron chi connectivity index (χ3n) is 5.28. The average Bonchev–Trinajstić information content (AvgIpc) is 2.91. The van der Waals surface area contributed by atoms with Gasteiger partial charge in [-0.2, -0.15) is 0 Å². The summed E-state index contributed by atoms with van der Waals surface area (Å²) < 4.78 is 42.8. The molecule has 4 aromatic rings. The van der Waals surface area contributed by atoms with E-state index in [0.717, 1.165) is 0 Å². The molecule has 4 rings (SSSR count). The van der Waals surface area contributed by atoms with E-state index >= 15 is 0 Å². The van der Waals surface area contributed by atoms with Crippen molar-refractivity contribution in [2.24, 2.45) is 0 Å². The summed E-state index contributed by atoms with van der Waals surface area (Å²) in [7, 11) is -7.60. The monoisotopic (exact) mass is 602 g/mol. The van der Waals surface area contributed by atoms with E-state index in [1.54, 1.807) is 60.7 Å². The SMILES string of the molecule is O=P(/C=C(\Cl)c1ccccc1)(/C=C(/Cl)c1ccccc1)Nc1cccc(S(=O)(=O)Nc2ccccc2Cl)c1. The highest BCUT2D eigenvalue weighted by Crippen LogP contribution is 2.53. The zero-order chi connectivity index (χ0) is 27.2. The predicted octanol–water partition coefficient (Wildman–Crippen LogP) is 9.31. The fourth-order valence-corrected chi connectivity index (χ4v) is 7.67. The van der Waals surface area contributed by atoms with Crippen LogP contribution in [-0.4, -0.2) is 8.42 Å². The molecular weight excluding hydrogens is 582 g/mol. The molecule has 194 valence electrons. The van der Waals surface area contributed by atoms with Gasteiger partial charge in [0.25, 0.3) is 10.0 Å². The summed E-state index contributed by atoms with van der Waals surface area (Å²) in [6, 6.07) is 30.6. The molecule has 0 aliphatic carbocycles. The average molecular weight is 604 g/mol. The Morgan fingerprint density at radius 1 is 0.711 bits per heavy atom. The van der Waals surface area contributed by atoms with E-state index in [9.17, 15) is 13.0 Å². The van der Waals surface area contributed by atoms with Crippen LogP contribution in [0.1, 0.15) is 11.1 Å². The van der Waals surface area contributed by atoms with Gasteiger partial charge in [-0.15, -0.1) is 0 Å². The van der Waals surface area contributed by atoms with Crippen molar-refractivity contribution in [1.29, 1.82) is 0 Å². The molecule has 4 aromatic carbocycles. The minimum atomic E-state index is -3.99. The zero-order valence-electron chi connectivity index (χ0n) is 19.8. The number of nitrogens with one attached hydrogen (secondary N) is 2. The topological polar surface area (TPSA) is 75.3 Å². The number of hydrogen-bond acceptors (Lipinski definition) is 3. The lowest BCUT2D eigenvalue weighted by Crippen LogP contribution is -2.13. The van der Waals surface area contributed by atoms with E-state index in [2.05, 4.69) is 9.81 Å². The van der Waals surface area contributed by atoms with Crippen LogP contribution >= 0.6 is 42.1 Å². The van der Waals surface area contributed by atoms with Gasteiger partial charge in [0.2, 0.25) is 7.29 Å². The van der Waals surface area contributed by atoms with Gasteiger partial charge in [-0.3, -0.25) is 9.29 Å². The van der Waals surface area contributed by atoms with Crippen molar-refractivity contribution >= 4 is 73.6 Å². The second kappa shape index (κ2) is 12.2. The maximum Gasteiger partial charge on any atom is 0.262 e. The molecule has 0 amide bonds. The van der Waals surface area contributed by atoms with E-state index in [1.807, 2.05) is 36.4 Å². The molecule has 0 saturated heterocycles. The lowest BCUT2D eigenvalue weighted by molar-refractivity contribution is 0.589. The van der Waals surface area contributed by atoms with Crippen molar-refractivity contribution < 1.29 is 13.0 Å². The Kier molecular flexibility index (Phi) is 9.03. The highest BCUT2D eigenvalue weighted by Gasteiger charge is 2.22. The molecule has 1 atom stereocenters. The van der Waals surface area contributed by atoms with Crippen molar-refractivity contribution in [1.82, 2.24) is 0 Å². The Bertz CT molecular complexity index is 1580. The summed E-state index contributed by atoms with van der Waals surface area (Å²) in [5.41, 5.74) is 1.87. The molecule has 0 fully saturated rings. The first-order valence-electron chi connectivity index (χ1n) is 11.3. The van der Waals surface area contributed by atoms with Crippen LogP contribution < -0.4 is 9.81 Å². The maximum absolute atomic E-state index is 14.2. The largest absolute Gasteiger partial charge is 0.330 e. The van der Waals surface area contributed by atoms with Crippen LogP contribution in [-0.2, 0) is 14.6 Å². The number of sulfonamides is 1. The van der Waals surface area contributed by atoms with E-state index < -0.39 is 17.3 Å². The molecule has 5 nitrogen and oxygen atoms in total. The first-order valence-corrected chi connectivity index (χ1v) is 15.7. The van der Waals surface area contributed by atoms with E-state index in [4.69, 9.17) is 34.8 Å². The molecule has 0 heterocycles. The second-order valence-electron chi connectivity index (χ2n) is 8.12. The molecule has 1 unspecified atom stereocenters. The van der Waals surface area contributed by atoms with Crippen molar-refractivity contribution in [2.45, 2.75) is 4.90 Å². The Balaban J connectivity index is 1.71. The highest BCUT2D eigenvalue weighted by molar-refractivity contribution is 7.92. The van der Waals surface area contributed by atoms with Crippen molar-refractivity contribution in [3.05, 3.63) is 137 Å². The molecular formula is C28H22Cl3N2O3PS. The molecule has 0 bridgehead atoms. The van der Waals surface area contributed by atoms with Gasteiger partial charge in [0, 0.05) is 17.3 Å². The van der Waals surface area contributed by atoms with E-state index in [0.29, 0.717) is 11.1 Å². The van der Waals surface area contributed by atoms with Crippen molar-refractivity contribution in [3.63, 3.8) is 0 Å². The lowest BCUT2D eigenvalue weighted by Gasteiger charge is -2.17. The minimum absolute atomic E-state index is 0.0507. The predicted molar refractivity (Wildman–Crippen MR) is 160 cm³/mol. The maximum atomic E-state index is 14.2. The number of para-hydroxylation sites is 1. The molecule has 0 saturated carbocycles. The minimum Gasteiger partial charge on any atom is -0.330 e. The number of benzene rings is 4. The van der Waals surface area contributed by atoms with Gasteiger partial charge in [-0.05, 0) is 41.5 Å². The van der Waals surface area contributed by atoms with Crippen LogP contribution in [0.25, 0.3) is 10.1 Å². The lowest BCUT2D eigenvalue weighted by atomic mass is 10.2. The third kappa shape index (κ3) is 7.31. The highest BCUT2D eigenvalue weighted by atomic mass is 35.5. The second-order valence-corrected chi connectivity index (χ2v) is 13.2. The fraction of sp³-hybridized carbons (Fsp3) is 0. The molecule has 2 N–H and O–H groups in total. The van der Waals surface area contributed by atoms with Gasteiger partial charge in [-0.1, -0.05) is 114 Å². The summed E-state index contributed by atoms with van der Waals surface area (Å²) in [5, 5.41) is 3.72. The zero-order valence-corrected chi connectivity index (χ0v) is 23.7. The molecule has 0 radical (unpaired) electrons. The Morgan fingerprint density at radius 2 is 1.24 bits per heavy atom. The summed E-state index contributed by atoms with van der Waals surface area (Å²) in [6.07, 6.45) is 0. The van der Waals surface area contributed by atoms with Gasteiger partial charge < -0.3 is 5.09 Å². The van der Waals surface area contributed by atoms with Crippen molar-refractivity contribution in [3.8, 4) is 0 Å². The van der Waals surface area contributed by atoms with Crippen LogP contribution in [0.15, 0.2) is 126 Å². The third-order valence-corrected chi connectivity index (χ3v) is 9.82. The van der Waals surface area contributed by atoms with Gasteiger partial charge in [0.05, 0.1) is 25.7 Å². The van der Waals surface area contributed by atoms with Crippen LogP contribution in [0.4, 0.5) is 11.4 Å². The van der Waals surface area contributed by atoms with Gasteiger partial charge in [0.1, 0.15) is 0 Å². The Labute approximate surface area is 237 Å². The number of anilines is 2. The van der Waals surface area contributed by atoms with Gasteiger partial charge in [0.15, 0.2) is 0 Å². The molecule has 0 aliphatic rings. The van der Waals surface area contributed by atoms with Crippen LogP contribution in [0.5, 0.6) is 0 Å². The number of halogens is 3. The quantitative estimate of drug-likeness (QED) is 0.187. The molecule has 0 spiro atoms. The Hall–Kier alpha value is -2.99. The van der Waals surface area contributed by atoms with E-state index in [-0.39, 0.29) is 31.4 Å². The van der Waals surface area contributed by atoms with Crippen LogP contribution in [0.3, 0.4) is 0 Å². The van der Waals surface area contributed by atoms with Gasteiger partial charge in [-0.25, -0.2) is 8.42 Å². The molecule has 10 heteroatoms. The normalized spacial score (nSPS) is 14.0. The molecule has 0 aromatic heterocycles. The summed E-state index contributed by atoms with van der Waals surface area (Å²) in [5.74, 6) is 2.80. The summed E-state index contributed by atoms with van der Waals surface area (Å²) in [4.78, 5) is -0.0507.